The van der Waals surface area contributed by atoms with E-state index in [0.29, 0.717) is 24.5 Å². The predicted molar refractivity (Wildman–Crippen MR) is 77.4 cm³/mol. The number of nitrogens with one attached hydrogen (secondary N) is 1. The van der Waals surface area contributed by atoms with Crippen molar-refractivity contribution in [3.05, 3.63) is 29.8 Å². The van der Waals surface area contributed by atoms with Gasteiger partial charge in [-0.15, -0.1) is 0 Å². The van der Waals surface area contributed by atoms with Crippen molar-refractivity contribution in [1.82, 2.24) is 10.3 Å². The number of rotatable bonds is 6. The van der Waals surface area contributed by atoms with Crippen LogP contribution in [0.1, 0.15) is 23.2 Å². The molecule has 7 heteroatoms. The van der Waals surface area contributed by atoms with Gasteiger partial charge in [-0.1, -0.05) is 0 Å². The van der Waals surface area contributed by atoms with Gasteiger partial charge >= 0.3 is 0 Å². The van der Waals surface area contributed by atoms with Crippen LogP contribution in [0.25, 0.3) is 0 Å². The van der Waals surface area contributed by atoms with E-state index in [1.807, 2.05) is 4.90 Å². The highest BCUT2D eigenvalue weighted by atomic mass is 16.5. The highest BCUT2D eigenvalue weighted by Gasteiger charge is 2.28. The first-order valence-corrected chi connectivity index (χ1v) is 6.89. The fourth-order valence-electron chi connectivity index (χ4n) is 2.48. The molecule has 1 saturated heterocycles. The molecule has 1 fully saturated rings. The Morgan fingerprint density at radius 2 is 2.05 bits per heavy atom. The number of nitrogens with two attached hydrogens (primary N) is 2. The normalized spacial score (nSPS) is 18.4. The number of hydrogen-bond donors (Lipinski definition) is 3. The Morgan fingerprint density at radius 1 is 1.33 bits per heavy atom. The first-order valence-electron chi connectivity index (χ1n) is 6.89. The first-order chi connectivity index (χ1) is 10.1. The van der Waals surface area contributed by atoms with Crippen LogP contribution in [0.15, 0.2) is 24.3 Å². The van der Waals surface area contributed by atoms with Crippen LogP contribution in [0, 0.1) is 0 Å². The topological polar surface area (TPSA) is 111 Å². The largest absolute Gasteiger partial charge is 0.492 e. The van der Waals surface area contributed by atoms with Gasteiger partial charge in [-0.3, -0.25) is 19.9 Å². The maximum absolute atomic E-state index is 11.3. The second-order valence-corrected chi connectivity index (χ2v) is 4.94. The zero-order chi connectivity index (χ0) is 15.2. The monoisotopic (exact) mass is 292 g/mol. The summed E-state index contributed by atoms with van der Waals surface area (Å²) in [6.07, 6.45) is 1.80. The Bertz CT molecular complexity index is 503. The molecule has 0 saturated carbocycles. The van der Waals surface area contributed by atoms with Gasteiger partial charge in [0.1, 0.15) is 12.4 Å². The summed E-state index contributed by atoms with van der Waals surface area (Å²) in [5.41, 5.74) is 7.90. The van der Waals surface area contributed by atoms with Gasteiger partial charge in [0, 0.05) is 12.1 Å². The Morgan fingerprint density at radius 3 is 2.67 bits per heavy atom. The molecular weight excluding hydrogens is 272 g/mol. The molecule has 1 aliphatic heterocycles. The summed E-state index contributed by atoms with van der Waals surface area (Å²) in [6.45, 7) is 1.98. The molecule has 5 N–H and O–H groups in total. The summed E-state index contributed by atoms with van der Waals surface area (Å²) in [6, 6.07) is 6.52. The lowest BCUT2D eigenvalue weighted by molar-refractivity contribution is -0.122. The molecule has 1 heterocycles. The van der Waals surface area contributed by atoms with Gasteiger partial charge in [0.25, 0.3) is 5.91 Å². The molecule has 7 nitrogen and oxygen atoms in total. The van der Waals surface area contributed by atoms with Crippen LogP contribution >= 0.6 is 0 Å². The second kappa shape index (κ2) is 7.05. The van der Waals surface area contributed by atoms with E-state index in [1.54, 1.807) is 24.3 Å². The fraction of sp³-hybridized carbons (Fsp3) is 0.429. The van der Waals surface area contributed by atoms with Gasteiger partial charge in [0.05, 0.1) is 6.04 Å². The van der Waals surface area contributed by atoms with Crippen LogP contribution in [0.3, 0.4) is 0 Å². The van der Waals surface area contributed by atoms with Crippen molar-refractivity contribution in [2.45, 2.75) is 18.9 Å². The molecule has 1 aliphatic rings. The van der Waals surface area contributed by atoms with Crippen molar-refractivity contribution >= 4 is 11.8 Å². The van der Waals surface area contributed by atoms with Gasteiger partial charge in [0.2, 0.25) is 5.91 Å². The molecule has 1 aromatic carbocycles. The molecule has 0 radical (unpaired) electrons. The molecular formula is C14H20N4O3. The number of benzene rings is 1. The Hall–Kier alpha value is -2.12. The summed E-state index contributed by atoms with van der Waals surface area (Å²) in [7, 11) is 0. The van der Waals surface area contributed by atoms with Gasteiger partial charge in [0.15, 0.2) is 0 Å². The minimum Gasteiger partial charge on any atom is -0.492 e. The number of hydrazine groups is 1. The van der Waals surface area contributed by atoms with E-state index in [0.717, 1.165) is 19.4 Å². The summed E-state index contributed by atoms with van der Waals surface area (Å²) in [4.78, 5) is 24.6. The van der Waals surface area contributed by atoms with E-state index >= 15 is 0 Å². The van der Waals surface area contributed by atoms with Crippen molar-refractivity contribution in [2.24, 2.45) is 11.6 Å². The Balaban J connectivity index is 1.81. The summed E-state index contributed by atoms with van der Waals surface area (Å²) < 4.78 is 5.61. The van der Waals surface area contributed by atoms with Crippen LogP contribution in [0.2, 0.25) is 0 Å². The standard InChI is InChI=1S/C14H20N4O3/c15-13(19)12-2-1-7-18(12)8-9-21-11-5-3-10(4-6-11)14(20)17-16/h3-6,12H,1-2,7-9,16H2,(H2,15,19)(H,17,20). The number of nitrogen functional groups attached to an aromatic ring is 1. The third-order valence-corrected chi connectivity index (χ3v) is 3.59. The maximum atomic E-state index is 11.3. The molecule has 0 aliphatic carbocycles. The third kappa shape index (κ3) is 3.93. The third-order valence-electron chi connectivity index (χ3n) is 3.59. The Labute approximate surface area is 123 Å². The lowest BCUT2D eigenvalue weighted by atomic mass is 10.2. The van der Waals surface area contributed by atoms with Crippen LogP contribution < -0.4 is 21.7 Å². The number of nitrogens with zero attached hydrogens (tertiary/aromatic N) is 1. The van der Waals surface area contributed by atoms with E-state index in [-0.39, 0.29) is 17.9 Å². The molecule has 0 aromatic heterocycles. The van der Waals surface area contributed by atoms with E-state index < -0.39 is 0 Å². The average molecular weight is 292 g/mol. The zero-order valence-corrected chi connectivity index (χ0v) is 11.7. The minimum absolute atomic E-state index is 0.177. The van der Waals surface area contributed by atoms with E-state index in [9.17, 15) is 9.59 Å². The molecule has 1 atom stereocenters. The zero-order valence-electron chi connectivity index (χ0n) is 11.7. The smallest absolute Gasteiger partial charge is 0.265 e. The van der Waals surface area contributed by atoms with Gasteiger partial charge in [-0.2, -0.15) is 0 Å². The number of carbonyl (C=O) groups excluding carboxylic acids is 2. The van der Waals surface area contributed by atoms with E-state index in [2.05, 4.69) is 5.43 Å². The quantitative estimate of drug-likeness (QED) is 0.376. The number of ether oxygens (including phenoxy) is 1. The molecule has 0 bridgehead atoms. The molecule has 114 valence electrons. The van der Waals surface area contributed by atoms with Crippen molar-refractivity contribution in [1.29, 1.82) is 0 Å². The van der Waals surface area contributed by atoms with Crippen molar-refractivity contribution in [2.75, 3.05) is 19.7 Å². The maximum Gasteiger partial charge on any atom is 0.265 e. The lowest BCUT2D eigenvalue weighted by Gasteiger charge is -2.21. The van der Waals surface area contributed by atoms with Crippen LogP contribution in [0.5, 0.6) is 5.75 Å². The Kier molecular flexibility index (Phi) is 5.13. The van der Waals surface area contributed by atoms with Crippen LogP contribution in [0.4, 0.5) is 0 Å². The van der Waals surface area contributed by atoms with Crippen molar-refractivity contribution in [3.63, 3.8) is 0 Å². The van der Waals surface area contributed by atoms with E-state index in [1.165, 1.54) is 0 Å². The van der Waals surface area contributed by atoms with Crippen molar-refractivity contribution in [3.8, 4) is 5.75 Å². The fourth-order valence-corrected chi connectivity index (χ4v) is 2.48. The molecule has 2 amide bonds. The molecule has 2 rings (SSSR count). The lowest BCUT2D eigenvalue weighted by Crippen LogP contribution is -2.42. The van der Waals surface area contributed by atoms with Crippen LogP contribution in [-0.2, 0) is 4.79 Å². The van der Waals surface area contributed by atoms with Gasteiger partial charge < -0.3 is 10.5 Å². The SMILES string of the molecule is NNC(=O)c1ccc(OCCN2CCCC2C(N)=O)cc1. The highest BCUT2D eigenvalue weighted by molar-refractivity contribution is 5.93. The highest BCUT2D eigenvalue weighted by Crippen LogP contribution is 2.17. The predicted octanol–water partition coefficient (Wildman–Crippen LogP) is -0.381. The molecule has 21 heavy (non-hydrogen) atoms. The molecule has 0 spiro atoms. The summed E-state index contributed by atoms with van der Waals surface area (Å²) >= 11 is 0. The summed E-state index contributed by atoms with van der Waals surface area (Å²) in [5, 5.41) is 0. The number of primary amides is 1. The second-order valence-electron chi connectivity index (χ2n) is 4.94. The van der Waals surface area contributed by atoms with Gasteiger partial charge in [-0.05, 0) is 43.7 Å². The number of likely N-dealkylation sites (tertiary alicyclic amines) is 1. The minimum atomic E-state index is -0.345. The van der Waals surface area contributed by atoms with E-state index in [4.69, 9.17) is 16.3 Å². The molecule has 1 unspecified atom stereocenters. The van der Waals surface area contributed by atoms with Gasteiger partial charge in [-0.25, -0.2) is 5.84 Å². The molecule has 1 aromatic rings. The number of amides is 2. The van der Waals surface area contributed by atoms with Crippen molar-refractivity contribution < 1.29 is 14.3 Å². The number of carbonyl (C=O) groups is 2. The average Bonchev–Trinajstić information content (AvgIpc) is 2.96. The number of hydrogen-bond acceptors (Lipinski definition) is 5. The van der Waals surface area contributed by atoms with Crippen LogP contribution in [-0.4, -0.2) is 42.5 Å². The first kappa shape index (κ1) is 15.3. The summed E-state index contributed by atoms with van der Waals surface area (Å²) in [5.74, 6) is 5.10.